The Hall–Kier alpha value is -0.330. The minimum atomic E-state index is -0.416. The van der Waals surface area contributed by atoms with Crippen molar-refractivity contribution in [3.8, 4) is 0 Å². The van der Waals surface area contributed by atoms with Crippen molar-refractivity contribution >= 4 is 46.2 Å². The first-order valence-corrected chi connectivity index (χ1v) is 7.54. The van der Waals surface area contributed by atoms with Crippen molar-refractivity contribution in [3.63, 3.8) is 0 Å². The Morgan fingerprint density at radius 1 is 1.27 bits per heavy atom. The van der Waals surface area contributed by atoms with Crippen LogP contribution in [0, 0.1) is 0 Å². The number of aliphatic hydroxyl groups is 1. The average Bonchev–Trinajstić information content (AvgIpc) is 2.25. The van der Waals surface area contributed by atoms with Crippen molar-refractivity contribution in [2.75, 3.05) is 0 Å². The highest BCUT2D eigenvalue weighted by Crippen LogP contribution is 2.22. The van der Waals surface area contributed by atoms with Crippen molar-refractivity contribution < 1.29 is 5.11 Å². The minimum Gasteiger partial charge on any atom is -0.341 e. The molecule has 0 bridgehead atoms. The highest BCUT2D eigenvalue weighted by molar-refractivity contribution is 14.2. The van der Waals surface area contributed by atoms with E-state index in [2.05, 4.69) is 33.1 Å². The van der Waals surface area contributed by atoms with Crippen LogP contribution in [0.5, 0.6) is 0 Å². The van der Waals surface area contributed by atoms with E-state index in [0.717, 1.165) is 16.6 Å². The van der Waals surface area contributed by atoms with Gasteiger partial charge in [-0.1, -0.05) is 30.3 Å². The fraction of sp³-hybridized carbons (Fsp3) is 0.0909. The third kappa shape index (κ3) is 3.06. The molecule has 15 heavy (non-hydrogen) atoms. The van der Waals surface area contributed by atoms with Gasteiger partial charge >= 0.3 is 0 Å². The maximum atomic E-state index is 9.39. The van der Waals surface area contributed by atoms with Gasteiger partial charge in [0.05, 0.1) is 5.71 Å². The third-order valence-electron chi connectivity index (χ3n) is 1.97. The van der Waals surface area contributed by atoms with Gasteiger partial charge in [0.2, 0.25) is 0 Å². The van der Waals surface area contributed by atoms with Gasteiger partial charge in [0, 0.05) is 10.9 Å². The van der Waals surface area contributed by atoms with Gasteiger partial charge in [-0.2, -0.15) is 0 Å². The van der Waals surface area contributed by atoms with Crippen LogP contribution < -0.4 is 0 Å². The summed E-state index contributed by atoms with van der Waals surface area (Å²) in [7, 11) is 0. The van der Waals surface area contributed by atoms with Crippen molar-refractivity contribution in [2.45, 2.75) is 6.42 Å². The van der Waals surface area contributed by atoms with E-state index < -0.39 is 20.7 Å². The fourth-order valence-electron chi connectivity index (χ4n) is 1.26. The van der Waals surface area contributed by atoms with Crippen molar-refractivity contribution in [2.24, 2.45) is 4.99 Å². The first-order valence-electron chi connectivity index (χ1n) is 4.42. The Balaban J connectivity index is 2.21. The SMILES string of the molecule is OC1=IC=C(Br)C(Cc2ccccc2)=N1. The summed E-state index contributed by atoms with van der Waals surface area (Å²) >= 11 is 3.06. The molecule has 1 N–H and O–H groups in total. The van der Waals surface area contributed by atoms with Crippen LogP contribution in [0.4, 0.5) is 0 Å². The lowest BCUT2D eigenvalue weighted by atomic mass is 10.1. The van der Waals surface area contributed by atoms with Gasteiger partial charge < -0.3 is 5.11 Å². The van der Waals surface area contributed by atoms with Crippen molar-refractivity contribution in [1.29, 1.82) is 0 Å². The molecule has 0 aliphatic carbocycles. The number of aliphatic imine (C=N–C) groups is 1. The van der Waals surface area contributed by atoms with E-state index >= 15 is 0 Å². The quantitative estimate of drug-likeness (QED) is 0.787. The Morgan fingerprint density at radius 2 is 2.00 bits per heavy atom. The molecule has 0 aromatic heterocycles. The molecule has 0 atom stereocenters. The van der Waals surface area contributed by atoms with E-state index in [9.17, 15) is 5.11 Å². The molecule has 1 aliphatic rings. The van der Waals surface area contributed by atoms with Crippen LogP contribution in [0.15, 0.2) is 43.9 Å². The van der Waals surface area contributed by atoms with E-state index in [4.69, 9.17) is 0 Å². The molecule has 0 saturated heterocycles. The van der Waals surface area contributed by atoms with Gasteiger partial charge in [0.1, 0.15) is 0 Å². The summed E-state index contributed by atoms with van der Waals surface area (Å²) in [6.07, 6.45) is 0.756. The molecule has 2 rings (SSSR count). The van der Waals surface area contributed by atoms with Crippen LogP contribution in [0.25, 0.3) is 0 Å². The maximum Gasteiger partial charge on any atom is 0.197 e. The Labute approximate surface area is 107 Å². The van der Waals surface area contributed by atoms with E-state index in [-0.39, 0.29) is 0 Å². The van der Waals surface area contributed by atoms with Gasteiger partial charge in [-0.25, -0.2) is 4.99 Å². The number of hydrogen-bond donors (Lipinski definition) is 1. The smallest absolute Gasteiger partial charge is 0.197 e. The minimum absolute atomic E-state index is 0.294. The third-order valence-corrected chi connectivity index (χ3v) is 5.24. The topological polar surface area (TPSA) is 32.6 Å². The molecule has 2 nitrogen and oxygen atoms in total. The first-order chi connectivity index (χ1) is 7.25. The second-order valence-corrected chi connectivity index (χ2v) is 6.12. The number of rotatable bonds is 2. The van der Waals surface area contributed by atoms with Gasteiger partial charge in [0.25, 0.3) is 0 Å². The largest absolute Gasteiger partial charge is 0.341 e. The monoisotopic (exact) mass is 377 g/mol. The molecule has 1 heterocycles. The van der Waals surface area contributed by atoms with E-state index in [1.807, 2.05) is 22.3 Å². The molecular weight excluding hydrogens is 369 g/mol. The fourth-order valence-corrected chi connectivity index (χ4v) is 3.41. The normalized spacial score (nSPS) is 16.0. The molecule has 4 heteroatoms. The molecule has 0 fully saturated rings. The predicted molar refractivity (Wildman–Crippen MR) is 75.6 cm³/mol. The van der Waals surface area contributed by atoms with Crippen LogP contribution >= 0.6 is 36.7 Å². The zero-order valence-corrected chi connectivity index (χ0v) is 11.6. The summed E-state index contributed by atoms with van der Waals surface area (Å²) in [6, 6.07) is 10.1. The van der Waals surface area contributed by atoms with Crippen LogP contribution in [0.2, 0.25) is 0 Å². The van der Waals surface area contributed by atoms with Gasteiger partial charge in [-0.15, -0.1) is 0 Å². The van der Waals surface area contributed by atoms with E-state index in [1.165, 1.54) is 5.56 Å². The zero-order valence-electron chi connectivity index (χ0n) is 7.82. The molecule has 0 spiro atoms. The highest BCUT2D eigenvalue weighted by Gasteiger charge is 2.09. The van der Waals surface area contributed by atoms with Crippen molar-refractivity contribution in [3.05, 3.63) is 44.5 Å². The number of nitrogens with zero attached hydrogens (tertiary/aromatic N) is 1. The predicted octanol–water partition coefficient (Wildman–Crippen LogP) is 3.35. The summed E-state index contributed by atoms with van der Waals surface area (Å²) < 4.78 is 3.36. The van der Waals surface area contributed by atoms with Crippen molar-refractivity contribution in [1.82, 2.24) is 0 Å². The Kier molecular flexibility index (Phi) is 3.82. The van der Waals surface area contributed by atoms with E-state index in [1.54, 1.807) is 0 Å². The summed E-state index contributed by atoms with van der Waals surface area (Å²) in [5, 5.41) is 9.39. The van der Waals surface area contributed by atoms with Crippen LogP contribution in [0.1, 0.15) is 5.56 Å². The Morgan fingerprint density at radius 3 is 2.73 bits per heavy atom. The van der Waals surface area contributed by atoms with Gasteiger partial charge in [-0.05, 0) is 46.3 Å². The van der Waals surface area contributed by atoms with Gasteiger partial charge in [-0.3, -0.25) is 0 Å². The molecule has 0 radical (unpaired) electrons. The van der Waals surface area contributed by atoms with Crippen LogP contribution in [0.3, 0.4) is 0 Å². The summed E-state index contributed by atoms with van der Waals surface area (Å²) in [6.45, 7) is 0. The maximum absolute atomic E-state index is 9.39. The van der Waals surface area contributed by atoms with Gasteiger partial charge in [0.15, 0.2) is 3.82 Å². The molecule has 1 aliphatic heterocycles. The number of aliphatic hydroxyl groups excluding tert-OH is 1. The second-order valence-electron chi connectivity index (χ2n) is 3.06. The highest BCUT2D eigenvalue weighted by atomic mass is 127. The molecule has 78 valence electrons. The molecule has 0 amide bonds. The zero-order chi connectivity index (χ0) is 10.7. The second kappa shape index (κ2) is 5.14. The summed E-state index contributed by atoms with van der Waals surface area (Å²) in [4.78, 5) is 4.18. The number of hydrogen-bond acceptors (Lipinski definition) is 2. The molecule has 0 unspecified atom stereocenters. The summed E-state index contributed by atoms with van der Waals surface area (Å²) in [5.41, 5.74) is 2.11. The van der Waals surface area contributed by atoms with Crippen LogP contribution in [-0.2, 0) is 6.42 Å². The first kappa shape index (κ1) is 11.2. The molecule has 1 aromatic carbocycles. The Bertz CT molecular complexity index is 451. The lowest BCUT2D eigenvalue weighted by Crippen LogP contribution is -2.08. The molecule has 0 saturated carbocycles. The lowest BCUT2D eigenvalue weighted by Gasteiger charge is -2.08. The molecule has 1 aromatic rings. The average molecular weight is 378 g/mol. The van der Waals surface area contributed by atoms with E-state index in [0.29, 0.717) is 3.82 Å². The standard InChI is InChI=1S/C11H9BrINO/c12-9-7-13-11(15)14-10(9)6-8-4-2-1-3-5-8/h1-5,7H,6H2,(H,14,15). The van der Waals surface area contributed by atoms with Crippen LogP contribution in [-0.4, -0.2) is 14.6 Å². The lowest BCUT2D eigenvalue weighted by molar-refractivity contribution is 0.563. The summed E-state index contributed by atoms with van der Waals surface area (Å²) in [5.74, 6) is 0. The number of benzene rings is 1. The molecular formula is C11H9BrINO. The number of halogens is 2. The number of allylic oxidation sites excluding steroid dienone is 1.